The molecule has 4 unspecified atom stereocenters. The topological polar surface area (TPSA) is 0 Å². The molecule has 4 atom stereocenters. The van der Waals surface area contributed by atoms with Crippen LogP contribution >= 0.6 is 0 Å². The van der Waals surface area contributed by atoms with Crippen molar-refractivity contribution in [2.24, 2.45) is 41.4 Å². The Morgan fingerprint density at radius 1 is 0.810 bits per heavy atom. The molecule has 2 saturated carbocycles. The van der Waals surface area contributed by atoms with E-state index in [0.29, 0.717) is 0 Å². The summed E-state index contributed by atoms with van der Waals surface area (Å²) in [4.78, 5) is 0. The lowest BCUT2D eigenvalue weighted by Crippen LogP contribution is -2.30. The van der Waals surface area contributed by atoms with Crippen LogP contribution in [0.5, 0.6) is 0 Å². The van der Waals surface area contributed by atoms with Crippen molar-refractivity contribution in [2.75, 3.05) is 0 Å². The molecule has 0 saturated heterocycles. The van der Waals surface area contributed by atoms with Crippen LogP contribution in [0.25, 0.3) is 0 Å². The Bertz CT molecular complexity index is 305. The molecule has 0 bridgehead atoms. The quantitative estimate of drug-likeness (QED) is 0.504. The molecule has 0 nitrogen and oxygen atoms in total. The third-order valence-corrected chi connectivity index (χ3v) is 6.99. The third-order valence-electron chi connectivity index (χ3n) is 6.99. The van der Waals surface area contributed by atoms with Gasteiger partial charge in [0.2, 0.25) is 0 Å². The van der Waals surface area contributed by atoms with Crippen LogP contribution in [0, 0.1) is 41.4 Å². The molecule has 0 aromatic heterocycles. The monoisotopic (exact) mass is 290 g/mol. The van der Waals surface area contributed by atoms with Crippen molar-refractivity contribution in [2.45, 2.75) is 79.6 Å². The molecule has 122 valence electrons. The second-order valence-corrected chi connectivity index (χ2v) is 8.27. The Morgan fingerprint density at radius 2 is 1.33 bits per heavy atom. The van der Waals surface area contributed by atoms with E-state index in [-0.39, 0.29) is 0 Å². The summed E-state index contributed by atoms with van der Waals surface area (Å²) in [5.41, 5.74) is 0. The minimum absolute atomic E-state index is 0.846. The van der Waals surface area contributed by atoms with E-state index >= 15 is 0 Å². The highest BCUT2D eigenvalue weighted by atomic mass is 14.4. The number of allylic oxidation sites excluding steroid dienone is 2. The van der Waals surface area contributed by atoms with Crippen molar-refractivity contribution >= 4 is 0 Å². The minimum Gasteiger partial charge on any atom is -0.0851 e. The van der Waals surface area contributed by atoms with Gasteiger partial charge in [0.05, 0.1) is 0 Å². The second-order valence-electron chi connectivity index (χ2n) is 8.27. The Hall–Kier alpha value is -0.260. The zero-order valence-corrected chi connectivity index (χ0v) is 15.1. The SMILES string of the molecule is CCC1CC(/C=C/C2C(C)CCCC2C)CC(CC)C1C. The highest BCUT2D eigenvalue weighted by Crippen LogP contribution is 2.42. The van der Waals surface area contributed by atoms with E-state index < -0.39 is 0 Å². The molecule has 0 aromatic carbocycles. The Labute approximate surface area is 133 Å². The van der Waals surface area contributed by atoms with Crippen molar-refractivity contribution in [1.29, 1.82) is 0 Å². The zero-order chi connectivity index (χ0) is 15.4. The van der Waals surface area contributed by atoms with E-state index in [1.165, 1.54) is 44.9 Å². The first kappa shape index (κ1) is 17.1. The smallest absolute Gasteiger partial charge is 0.0182 e. The standard InChI is InChI=1S/C21H38/c1-6-19-13-18(14-20(7-2)17(19)5)11-12-21-15(3)9-8-10-16(21)4/h11-12,15-21H,6-10,13-14H2,1-5H3/b12-11+. The van der Waals surface area contributed by atoms with Crippen molar-refractivity contribution < 1.29 is 0 Å². The largest absolute Gasteiger partial charge is 0.0851 e. The molecule has 21 heavy (non-hydrogen) atoms. The van der Waals surface area contributed by atoms with Crippen LogP contribution < -0.4 is 0 Å². The molecule has 0 aromatic rings. The first-order chi connectivity index (χ1) is 10.1. The first-order valence-electron chi connectivity index (χ1n) is 9.75. The lowest BCUT2D eigenvalue weighted by atomic mass is 9.66. The summed E-state index contributed by atoms with van der Waals surface area (Å²) in [6.07, 6.45) is 15.2. The van der Waals surface area contributed by atoms with Gasteiger partial charge >= 0.3 is 0 Å². The first-order valence-corrected chi connectivity index (χ1v) is 9.75. The summed E-state index contributed by atoms with van der Waals surface area (Å²) < 4.78 is 0. The summed E-state index contributed by atoms with van der Waals surface area (Å²) in [6, 6.07) is 0. The lowest BCUT2D eigenvalue weighted by Gasteiger charge is -2.39. The predicted octanol–water partition coefficient (Wildman–Crippen LogP) is 6.71. The molecule has 0 amide bonds. The molecule has 0 aliphatic heterocycles. The Kier molecular flexibility index (Phi) is 6.38. The number of rotatable bonds is 4. The Balaban J connectivity index is 1.99. The van der Waals surface area contributed by atoms with Crippen molar-refractivity contribution in [3.8, 4) is 0 Å². The van der Waals surface area contributed by atoms with Crippen LogP contribution in [-0.4, -0.2) is 0 Å². The molecule has 0 N–H and O–H groups in total. The fourth-order valence-electron chi connectivity index (χ4n) is 5.29. The minimum atomic E-state index is 0.846. The third kappa shape index (κ3) is 4.14. The molecule has 2 fully saturated rings. The average molecular weight is 291 g/mol. The maximum Gasteiger partial charge on any atom is -0.0182 e. The summed E-state index contributed by atoms with van der Waals surface area (Å²) in [5.74, 6) is 6.36. The van der Waals surface area contributed by atoms with E-state index in [2.05, 4.69) is 46.8 Å². The van der Waals surface area contributed by atoms with Crippen molar-refractivity contribution in [3.05, 3.63) is 12.2 Å². The summed E-state index contributed by atoms with van der Waals surface area (Å²) in [7, 11) is 0. The van der Waals surface area contributed by atoms with Crippen LogP contribution in [0.15, 0.2) is 12.2 Å². The molecular formula is C21H38. The molecule has 0 spiro atoms. The maximum absolute atomic E-state index is 2.64. The van der Waals surface area contributed by atoms with E-state index in [4.69, 9.17) is 0 Å². The summed E-state index contributed by atoms with van der Waals surface area (Å²) in [5, 5.41) is 0. The van der Waals surface area contributed by atoms with Crippen LogP contribution in [0.1, 0.15) is 79.6 Å². The second kappa shape index (κ2) is 7.84. The molecule has 0 heterocycles. The van der Waals surface area contributed by atoms with Gasteiger partial charge in [-0.15, -0.1) is 0 Å². The molecule has 0 radical (unpaired) electrons. The van der Waals surface area contributed by atoms with Crippen LogP contribution in [0.2, 0.25) is 0 Å². The number of hydrogen-bond acceptors (Lipinski definition) is 0. The number of hydrogen-bond donors (Lipinski definition) is 0. The average Bonchev–Trinajstić information content (AvgIpc) is 2.48. The van der Waals surface area contributed by atoms with Crippen LogP contribution in [0.3, 0.4) is 0 Å². The maximum atomic E-state index is 2.64. The van der Waals surface area contributed by atoms with E-state index in [1.54, 1.807) is 0 Å². The van der Waals surface area contributed by atoms with Gasteiger partial charge in [-0.05, 0) is 54.3 Å². The van der Waals surface area contributed by atoms with Gasteiger partial charge in [0, 0.05) is 0 Å². The summed E-state index contributed by atoms with van der Waals surface area (Å²) in [6.45, 7) is 12.2. The van der Waals surface area contributed by atoms with Gasteiger partial charge in [0.15, 0.2) is 0 Å². The highest BCUT2D eigenvalue weighted by molar-refractivity contribution is 5.00. The molecule has 2 aliphatic rings. The van der Waals surface area contributed by atoms with Gasteiger partial charge in [0.1, 0.15) is 0 Å². The zero-order valence-electron chi connectivity index (χ0n) is 15.1. The van der Waals surface area contributed by atoms with Gasteiger partial charge in [0.25, 0.3) is 0 Å². The van der Waals surface area contributed by atoms with Crippen LogP contribution in [-0.2, 0) is 0 Å². The molecular weight excluding hydrogens is 252 g/mol. The fraction of sp³-hybridized carbons (Fsp3) is 0.905. The van der Waals surface area contributed by atoms with Gasteiger partial charge in [-0.25, -0.2) is 0 Å². The Morgan fingerprint density at radius 3 is 1.81 bits per heavy atom. The van der Waals surface area contributed by atoms with E-state index in [9.17, 15) is 0 Å². The normalized spacial score (nSPS) is 45.1. The highest BCUT2D eigenvalue weighted by Gasteiger charge is 2.32. The summed E-state index contributed by atoms with van der Waals surface area (Å²) >= 11 is 0. The predicted molar refractivity (Wildman–Crippen MR) is 94.3 cm³/mol. The fourth-order valence-corrected chi connectivity index (χ4v) is 5.29. The van der Waals surface area contributed by atoms with E-state index in [0.717, 1.165) is 41.4 Å². The van der Waals surface area contributed by atoms with Gasteiger partial charge in [-0.2, -0.15) is 0 Å². The van der Waals surface area contributed by atoms with Gasteiger partial charge < -0.3 is 0 Å². The van der Waals surface area contributed by atoms with Gasteiger partial charge in [-0.1, -0.05) is 78.9 Å². The van der Waals surface area contributed by atoms with Gasteiger partial charge in [-0.3, -0.25) is 0 Å². The van der Waals surface area contributed by atoms with Crippen molar-refractivity contribution in [1.82, 2.24) is 0 Å². The van der Waals surface area contributed by atoms with Crippen molar-refractivity contribution in [3.63, 3.8) is 0 Å². The molecule has 0 heteroatoms. The van der Waals surface area contributed by atoms with Crippen LogP contribution in [0.4, 0.5) is 0 Å². The molecule has 2 aliphatic carbocycles. The molecule has 2 rings (SSSR count). The lowest BCUT2D eigenvalue weighted by molar-refractivity contribution is 0.129. The van der Waals surface area contributed by atoms with E-state index in [1.807, 2.05) is 0 Å².